The molecule has 6 nitrogen and oxygen atoms in total. The summed E-state index contributed by atoms with van der Waals surface area (Å²) in [6.07, 6.45) is 4.88. The Hall–Kier alpha value is -2.15. The van der Waals surface area contributed by atoms with Crippen LogP contribution in [0.4, 0.5) is 5.82 Å². The van der Waals surface area contributed by atoms with E-state index in [4.69, 9.17) is 5.73 Å². The zero-order valence-electron chi connectivity index (χ0n) is 14.8. The molecule has 2 aromatic rings. The van der Waals surface area contributed by atoms with Crippen molar-refractivity contribution in [3.05, 3.63) is 33.6 Å². The van der Waals surface area contributed by atoms with Crippen LogP contribution in [0.1, 0.15) is 47.3 Å². The number of carbonyl (C=O) groups is 2. The minimum Gasteiger partial charge on any atom is -0.368 e. The summed E-state index contributed by atoms with van der Waals surface area (Å²) in [6, 6.07) is 3.68. The fraction of sp³-hybridized carbons (Fsp3) is 0.500. The van der Waals surface area contributed by atoms with Crippen LogP contribution in [-0.4, -0.2) is 21.6 Å². The van der Waals surface area contributed by atoms with Crippen molar-refractivity contribution in [1.29, 1.82) is 0 Å². The molecule has 1 atom stereocenters. The van der Waals surface area contributed by atoms with E-state index in [1.807, 2.05) is 6.07 Å². The molecule has 0 spiro atoms. The number of aromatic nitrogens is 2. The maximum Gasteiger partial charge on any atom is 0.266 e. The van der Waals surface area contributed by atoms with Crippen molar-refractivity contribution in [1.82, 2.24) is 9.78 Å². The van der Waals surface area contributed by atoms with Gasteiger partial charge in [-0.25, -0.2) is 0 Å². The van der Waals surface area contributed by atoms with Gasteiger partial charge in [-0.05, 0) is 42.2 Å². The minimum atomic E-state index is -0.472. The van der Waals surface area contributed by atoms with Gasteiger partial charge in [-0.15, -0.1) is 11.3 Å². The van der Waals surface area contributed by atoms with Crippen LogP contribution in [0.2, 0.25) is 0 Å². The number of anilines is 1. The topological polar surface area (TPSA) is 90.0 Å². The van der Waals surface area contributed by atoms with Crippen LogP contribution < -0.4 is 11.1 Å². The maximum absolute atomic E-state index is 12.5. The summed E-state index contributed by atoms with van der Waals surface area (Å²) in [7, 11) is 0. The third-order valence-corrected chi connectivity index (χ3v) is 5.97. The van der Waals surface area contributed by atoms with Gasteiger partial charge in [0.25, 0.3) is 5.91 Å². The van der Waals surface area contributed by atoms with Crippen LogP contribution >= 0.6 is 11.3 Å². The average Bonchev–Trinajstić information content (AvgIpc) is 3.11. The molecule has 0 aromatic carbocycles. The maximum atomic E-state index is 12.5. The van der Waals surface area contributed by atoms with E-state index < -0.39 is 5.91 Å². The predicted molar refractivity (Wildman–Crippen MR) is 98.7 cm³/mol. The SMILES string of the molecule is CC(C)(C)C1CCc2sc(C(=O)Nc3ccn(CC(N)=O)n3)cc2C1. The van der Waals surface area contributed by atoms with E-state index in [1.165, 1.54) is 21.5 Å². The van der Waals surface area contributed by atoms with Gasteiger partial charge in [0.1, 0.15) is 6.54 Å². The first-order valence-electron chi connectivity index (χ1n) is 8.47. The largest absolute Gasteiger partial charge is 0.368 e. The van der Waals surface area contributed by atoms with Gasteiger partial charge in [-0.1, -0.05) is 20.8 Å². The van der Waals surface area contributed by atoms with Crippen LogP contribution in [0.3, 0.4) is 0 Å². The summed E-state index contributed by atoms with van der Waals surface area (Å²) in [5.74, 6) is 0.441. The van der Waals surface area contributed by atoms with Crippen LogP contribution in [-0.2, 0) is 24.2 Å². The van der Waals surface area contributed by atoms with Crippen LogP contribution in [0.5, 0.6) is 0 Å². The molecule has 1 unspecified atom stereocenters. The Labute approximate surface area is 151 Å². The summed E-state index contributed by atoms with van der Waals surface area (Å²) in [6.45, 7) is 6.85. The molecule has 7 heteroatoms. The lowest BCUT2D eigenvalue weighted by Crippen LogP contribution is -2.26. The van der Waals surface area contributed by atoms with Crippen LogP contribution in [0.15, 0.2) is 18.3 Å². The van der Waals surface area contributed by atoms with Crippen molar-refractivity contribution < 1.29 is 9.59 Å². The number of carbonyl (C=O) groups excluding carboxylic acids is 2. The molecule has 1 aliphatic rings. The Balaban J connectivity index is 1.69. The molecule has 25 heavy (non-hydrogen) atoms. The molecular weight excluding hydrogens is 336 g/mol. The zero-order valence-corrected chi connectivity index (χ0v) is 15.7. The normalized spacial score (nSPS) is 17.2. The number of aryl methyl sites for hydroxylation is 1. The van der Waals surface area contributed by atoms with Gasteiger partial charge in [0.15, 0.2) is 5.82 Å². The first-order chi connectivity index (χ1) is 11.7. The fourth-order valence-electron chi connectivity index (χ4n) is 3.23. The van der Waals surface area contributed by atoms with Gasteiger partial charge in [0.2, 0.25) is 5.91 Å². The lowest BCUT2D eigenvalue weighted by atomic mass is 9.72. The summed E-state index contributed by atoms with van der Waals surface area (Å²) in [4.78, 5) is 25.4. The number of nitrogens with zero attached hydrogens (tertiary/aromatic N) is 2. The number of hydrogen-bond donors (Lipinski definition) is 2. The Kier molecular flexibility index (Phi) is 4.69. The minimum absolute atomic E-state index is 0.00262. The number of hydrogen-bond acceptors (Lipinski definition) is 4. The Morgan fingerprint density at radius 2 is 2.20 bits per heavy atom. The van der Waals surface area contributed by atoms with E-state index in [0.717, 1.165) is 12.8 Å². The fourth-order valence-corrected chi connectivity index (χ4v) is 4.33. The van der Waals surface area contributed by atoms with Crippen molar-refractivity contribution in [2.75, 3.05) is 5.32 Å². The second kappa shape index (κ2) is 6.63. The first-order valence-corrected chi connectivity index (χ1v) is 9.28. The summed E-state index contributed by atoms with van der Waals surface area (Å²) in [5, 5.41) is 6.92. The molecular formula is C18H24N4O2S. The highest BCUT2D eigenvalue weighted by Gasteiger charge is 2.30. The van der Waals surface area contributed by atoms with E-state index in [9.17, 15) is 9.59 Å². The zero-order chi connectivity index (χ0) is 18.2. The monoisotopic (exact) mass is 360 g/mol. The molecule has 0 saturated heterocycles. The van der Waals surface area contributed by atoms with E-state index in [0.29, 0.717) is 16.6 Å². The van der Waals surface area contributed by atoms with Gasteiger partial charge in [0, 0.05) is 17.1 Å². The van der Waals surface area contributed by atoms with Crippen molar-refractivity contribution in [2.24, 2.45) is 17.1 Å². The molecule has 1 aliphatic carbocycles. The van der Waals surface area contributed by atoms with E-state index in [-0.39, 0.29) is 17.9 Å². The third-order valence-electron chi connectivity index (χ3n) is 4.73. The van der Waals surface area contributed by atoms with E-state index >= 15 is 0 Å². The lowest BCUT2D eigenvalue weighted by molar-refractivity contribution is -0.118. The van der Waals surface area contributed by atoms with Gasteiger partial charge < -0.3 is 11.1 Å². The third kappa shape index (κ3) is 4.10. The molecule has 134 valence electrons. The van der Waals surface area contributed by atoms with Crippen LogP contribution in [0, 0.1) is 11.3 Å². The second-order valence-electron chi connectivity index (χ2n) is 7.68. The molecule has 0 bridgehead atoms. The van der Waals surface area contributed by atoms with E-state index in [1.54, 1.807) is 23.6 Å². The van der Waals surface area contributed by atoms with Crippen molar-refractivity contribution in [2.45, 2.75) is 46.6 Å². The number of nitrogens with one attached hydrogen (secondary N) is 1. The van der Waals surface area contributed by atoms with Gasteiger partial charge in [-0.2, -0.15) is 5.10 Å². The first kappa shape index (κ1) is 17.7. The summed E-state index contributed by atoms with van der Waals surface area (Å²) in [5.41, 5.74) is 6.73. The average molecular weight is 360 g/mol. The number of fused-ring (bicyclic) bond motifs is 1. The molecule has 2 aromatic heterocycles. The Morgan fingerprint density at radius 1 is 1.44 bits per heavy atom. The van der Waals surface area contributed by atoms with Crippen molar-refractivity contribution in [3.63, 3.8) is 0 Å². The molecule has 3 N–H and O–H groups in total. The number of rotatable bonds is 4. The predicted octanol–water partition coefficient (Wildman–Crippen LogP) is 2.83. The molecule has 3 rings (SSSR count). The van der Waals surface area contributed by atoms with Crippen molar-refractivity contribution in [3.8, 4) is 0 Å². The van der Waals surface area contributed by atoms with Gasteiger partial charge >= 0.3 is 0 Å². The number of nitrogens with two attached hydrogens (primary N) is 1. The lowest BCUT2D eigenvalue weighted by Gasteiger charge is -2.33. The molecule has 2 heterocycles. The highest BCUT2D eigenvalue weighted by molar-refractivity contribution is 7.14. The highest BCUT2D eigenvalue weighted by atomic mass is 32.1. The smallest absolute Gasteiger partial charge is 0.266 e. The molecule has 2 amide bonds. The molecule has 0 fully saturated rings. The van der Waals surface area contributed by atoms with Gasteiger partial charge in [0.05, 0.1) is 4.88 Å². The Morgan fingerprint density at radius 3 is 2.88 bits per heavy atom. The molecule has 0 aliphatic heterocycles. The van der Waals surface area contributed by atoms with Crippen molar-refractivity contribution >= 4 is 29.0 Å². The number of primary amides is 1. The van der Waals surface area contributed by atoms with E-state index in [2.05, 4.69) is 31.2 Å². The molecule has 0 saturated carbocycles. The summed E-state index contributed by atoms with van der Waals surface area (Å²) >= 11 is 1.57. The van der Waals surface area contributed by atoms with Crippen LogP contribution in [0.25, 0.3) is 0 Å². The number of thiophene rings is 1. The standard InChI is InChI=1S/C18H24N4O2S/c1-18(2,3)12-4-5-13-11(8-12)9-14(25-13)17(24)20-16-6-7-22(21-16)10-15(19)23/h6-7,9,12H,4-5,8,10H2,1-3H3,(H2,19,23)(H,20,21,24). The number of amides is 2. The Bertz CT molecular complexity index is 800. The second-order valence-corrected chi connectivity index (χ2v) is 8.82. The summed E-state index contributed by atoms with van der Waals surface area (Å²) < 4.78 is 1.41. The highest BCUT2D eigenvalue weighted by Crippen LogP contribution is 2.40. The molecule has 0 radical (unpaired) electrons. The quantitative estimate of drug-likeness (QED) is 0.878. The van der Waals surface area contributed by atoms with Gasteiger partial charge in [-0.3, -0.25) is 14.3 Å².